The van der Waals surface area contributed by atoms with Gasteiger partial charge in [0, 0.05) is 21.1 Å². The van der Waals surface area contributed by atoms with E-state index < -0.39 is 23.8 Å². The number of alkyl halides is 3. The molecule has 9 heteroatoms. The van der Waals surface area contributed by atoms with Gasteiger partial charge in [0.05, 0.1) is 11.3 Å². The molecule has 1 heterocycles. The predicted octanol–water partition coefficient (Wildman–Crippen LogP) is 6.84. The SMILES string of the molecule is CCc1cc(SCc2sc(-c3ccc(C(F)(F)F)cc3)nc2C)ccc1OC(C)C(=O)O. The minimum atomic E-state index is -4.36. The Labute approximate surface area is 192 Å². The molecular weight excluding hydrogens is 459 g/mol. The van der Waals surface area contributed by atoms with E-state index in [1.54, 1.807) is 17.8 Å². The molecule has 1 N–H and O–H groups in total. The molecule has 3 aromatic rings. The Bertz CT molecular complexity index is 1090. The van der Waals surface area contributed by atoms with Crippen molar-refractivity contribution < 1.29 is 27.8 Å². The molecular formula is C23H22F3NO3S2. The number of hydrogen-bond acceptors (Lipinski definition) is 5. The zero-order valence-corrected chi connectivity index (χ0v) is 19.3. The molecule has 32 heavy (non-hydrogen) atoms. The summed E-state index contributed by atoms with van der Waals surface area (Å²) >= 11 is 3.08. The van der Waals surface area contributed by atoms with E-state index in [1.807, 2.05) is 26.0 Å². The molecule has 0 aliphatic carbocycles. The van der Waals surface area contributed by atoms with Gasteiger partial charge in [-0.05, 0) is 56.2 Å². The first-order valence-corrected chi connectivity index (χ1v) is 11.7. The molecule has 170 valence electrons. The van der Waals surface area contributed by atoms with Crippen LogP contribution in [0.15, 0.2) is 47.4 Å². The summed E-state index contributed by atoms with van der Waals surface area (Å²) in [5.74, 6) is 0.208. The van der Waals surface area contributed by atoms with Gasteiger partial charge in [0.2, 0.25) is 0 Å². The first kappa shape index (κ1) is 24.1. The highest BCUT2D eigenvalue weighted by Crippen LogP contribution is 2.36. The topological polar surface area (TPSA) is 59.4 Å². The van der Waals surface area contributed by atoms with Gasteiger partial charge >= 0.3 is 12.1 Å². The van der Waals surface area contributed by atoms with Crippen LogP contribution in [0.25, 0.3) is 10.6 Å². The highest BCUT2D eigenvalue weighted by Gasteiger charge is 2.30. The zero-order valence-electron chi connectivity index (χ0n) is 17.7. The number of carbonyl (C=O) groups is 1. The van der Waals surface area contributed by atoms with Crippen LogP contribution in [0.3, 0.4) is 0 Å². The number of aliphatic carboxylic acids is 1. The fraction of sp³-hybridized carbons (Fsp3) is 0.304. The molecule has 0 aliphatic heterocycles. The number of thiazole rings is 1. The number of ether oxygens (including phenoxy) is 1. The van der Waals surface area contributed by atoms with Gasteiger partial charge in [-0.25, -0.2) is 9.78 Å². The van der Waals surface area contributed by atoms with E-state index in [-0.39, 0.29) is 0 Å². The van der Waals surface area contributed by atoms with Crippen LogP contribution < -0.4 is 4.74 Å². The monoisotopic (exact) mass is 481 g/mol. The number of halogens is 3. The summed E-state index contributed by atoms with van der Waals surface area (Å²) in [7, 11) is 0. The maximum Gasteiger partial charge on any atom is 0.416 e. The maximum absolute atomic E-state index is 12.8. The number of hydrogen-bond donors (Lipinski definition) is 1. The summed E-state index contributed by atoms with van der Waals surface area (Å²) in [5.41, 5.74) is 1.75. The van der Waals surface area contributed by atoms with Crippen LogP contribution in [0.5, 0.6) is 5.75 Å². The van der Waals surface area contributed by atoms with E-state index >= 15 is 0 Å². The Hall–Kier alpha value is -2.52. The summed E-state index contributed by atoms with van der Waals surface area (Å²) in [4.78, 5) is 17.6. The lowest BCUT2D eigenvalue weighted by molar-refractivity contribution is -0.144. The van der Waals surface area contributed by atoms with Gasteiger partial charge in [-0.2, -0.15) is 13.2 Å². The molecule has 1 aromatic heterocycles. The summed E-state index contributed by atoms with van der Waals surface area (Å²) in [6.45, 7) is 5.36. The summed E-state index contributed by atoms with van der Waals surface area (Å²) < 4.78 is 43.9. The third kappa shape index (κ3) is 5.83. The maximum atomic E-state index is 12.8. The smallest absolute Gasteiger partial charge is 0.416 e. The van der Waals surface area contributed by atoms with E-state index in [9.17, 15) is 18.0 Å². The Morgan fingerprint density at radius 1 is 1.22 bits per heavy atom. The van der Waals surface area contributed by atoms with Gasteiger partial charge in [-0.15, -0.1) is 23.1 Å². The molecule has 0 radical (unpaired) electrons. The average Bonchev–Trinajstić information content (AvgIpc) is 3.12. The Balaban J connectivity index is 1.71. The van der Waals surface area contributed by atoms with Crippen molar-refractivity contribution in [1.29, 1.82) is 0 Å². The van der Waals surface area contributed by atoms with Gasteiger partial charge in [0.1, 0.15) is 10.8 Å². The highest BCUT2D eigenvalue weighted by atomic mass is 32.2. The number of aromatic nitrogens is 1. The van der Waals surface area contributed by atoms with Gasteiger partial charge in [0.15, 0.2) is 6.10 Å². The van der Waals surface area contributed by atoms with Crippen molar-refractivity contribution in [3.8, 4) is 16.3 Å². The number of rotatable bonds is 8. The van der Waals surface area contributed by atoms with Gasteiger partial charge < -0.3 is 9.84 Å². The third-order valence-electron chi connectivity index (χ3n) is 4.79. The van der Waals surface area contributed by atoms with E-state index in [0.717, 1.165) is 33.2 Å². The molecule has 0 aliphatic rings. The molecule has 0 saturated carbocycles. The minimum absolute atomic E-state index is 0.560. The number of nitrogens with zero attached hydrogens (tertiary/aromatic N) is 1. The molecule has 0 bridgehead atoms. The van der Waals surface area contributed by atoms with Crippen LogP contribution in [0, 0.1) is 6.92 Å². The van der Waals surface area contributed by atoms with Gasteiger partial charge in [-0.3, -0.25) is 0 Å². The van der Waals surface area contributed by atoms with Crippen LogP contribution >= 0.6 is 23.1 Å². The second kappa shape index (κ2) is 9.95. The van der Waals surface area contributed by atoms with Crippen molar-refractivity contribution in [2.45, 2.75) is 50.1 Å². The van der Waals surface area contributed by atoms with Crippen molar-refractivity contribution in [2.75, 3.05) is 0 Å². The normalized spacial score (nSPS) is 12.6. The van der Waals surface area contributed by atoms with E-state index in [0.29, 0.717) is 28.5 Å². The number of aryl methyl sites for hydroxylation is 2. The average molecular weight is 482 g/mol. The molecule has 0 fully saturated rings. The molecule has 0 saturated heterocycles. The standard InChI is InChI=1S/C23H22F3NO3S2/c1-4-15-11-18(9-10-19(15)30-14(3)22(28)29)31-12-20-13(2)27-21(32-20)16-5-7-17(8-6-16)23(24,25)26/h5-11,14H,4,12H2,1-3H3,(H,28,29). The number of benzene rings is 2. The lowest BCUT2D eigenvalue weighted by Gasteiger charge is -2.14. The van der Waals surface area contributed by atoms with Crippen molar-refractivity contribution >= 4 is 29.1 Å². The van der Waals surface area contributed by atoms with E-state index in [4.69, 9.17) is 9.84 Å². The zero-order chi connectivity index (χ0) is 23.5. The highest BCUT2D eigenvalue weighted by molar-refractivity contribution is 7.98. The summed E-state index contributed by atoms with van der Waals surface area (Å²) in [6.07, 6.45) is -4.58. The molecule has 2 aromatic carbocycles. The van der Waals surface area contributed by atoms with Crippen LogP contribution in [0.1, 0.15) is 35.5 Å². The minimum Gasteiger partial charge on any atom is -0.479 e. The molecule has 3 rings (SSSR count). The van der Waals surface area contributed by atoms with Crippen molar-refractivity contribution in [1.82, 2.24) is 4.98 Å². The Morgan fingerprint density at radius 2 is 1.91 bits per heavy atom. The fourth-order valence-corrected chi connectivity index (χ4v) is 5.09. The second-order valence-corrected chi connectivity index (χ2v) is 9.25. The molecule has 4 nitrogen and oxygen atoms in total. The quantitative estimate of drug-likeness (QED) is 0.357. The van der Waals surface area contributed by atoms with Crippen LogP contribution in [-0.2, 0) is 23.1 Å². The number of carboxylic acid groups (broad SMARTS) is 1. The largest absolute Gasteiger partial charge is 0.479 e. The summed E-state index contributed by atoms with van der Waals surface area (Å²) in [5, 5.41) is 9.73. The fourth-order valence-electron chi connectivity index (χ4n) is 2.91. The van der Waals surface area contributed by atoms with E-state index in [1.165, 1.54) is 30.4 Å². The van der Waals surface area contributed by atoms with Crippen molar-refractivity contribution in [2.24, 2.45) is 0 Å². The predicted molar refractivity (Wildman–Crippen MR) is 120 cm³/mol. The van der Waals surface area contributed by atoms with Crippen LogP contribution in [-0.4, -0.2) is 22.2 Å². The van der Waals surface area contributed by atoms with Crippen molar-refractivity contribution in [3.63, 3.8) is 0 Å². The Kier molecular flexibility index (Phi) is 7.51. The first-order valence-electron chi connectivity index (χ1n) is 9.87. The van der Waals surface area contributed by atoms with Crippen LogP contribution in [0.2, 0.25) is 0 Å². The molecule has 0 spiro atoms. The summed E-state index contributed by atoms with van der Waals surface area (Å²) in [6, 6.07) is 10.7. The third-order valence-corrected chi connectivity index (χ3v) is 7.20. The lowest BCUT2D eigenvalue weighted by Crippen LogP contribution is -2.23. The Morgan fingerprint density at radius 3 is 2.50 bits per heavy atom. The first-order chi connectivity index (χ1) is 15.1. The molecule has 1 atom stereocenters. The molecule has 1 unspecified atom stereocenters. The number of carboxylic acids is 1. The van der Waals surface area contributed by atoms with Gasteiger partial charge in [0.25, 0.3) is 0 Å². The second-order valence-electron chi connectivity index (χ2n) is 7.11. The lowest BCUT2D eigenvalue weighted by atomic mass is 10.1. The van der Waals surface area contributed by atoms with Gasteiger partial charge in [-0.1, -0.05) is 19.1 Å². The number of thioether (sulfide) groups is 1. The van der Waals surface area contributed by atoms with E-state index in [2.05, 4.69) is 4.98 Å². The van der Waals surface area contributed by atoms with Crippen molar-refractivity contribution in [3.05, 3.63) is 64.2 Å². The molecule has 0 amide bonds. The van der Waals surface area contributed by atoms with Crippen LogP contribution in [0.4, 0.5) is 13.2 Å².